The molecule has 7 nitrogen and oxygen atoms in total. The Kier molecular flexibility index (Phi) is 4.05. The molecule has 94 valence electrons. The highest BCUT2D eigenvalue weighted by molar-refractivity contribution is 5.90. The highest BCUT2D eigenvalue weighted by Gasteiger charge is 2.14. The summed E-state index contributed by atoms with van der Waals surface area (Å²) < 4.78 is 0. The molecule has 2 rings (SSSR count). The van der Waals surface area contributed by atoms with E-state index in [-0.39, 0.29) is 11.7 Å². The fourth-order valence-electron chi connectivity index (χ4n) is 1.80. The van der Waals surface area contributed by atoms with Gasteiger partial charge >= 0.3 is 0 Å². The molecule has 17 heavy (non-hydrogen) atoms. The molecular weight excluding hydrogens is 220 g/mol. The molecular formula is C10H18N6O. The maximum atomic E-state index is 11.5. The number of piperazine rings is 1. The summed E-state index contributed by atoms with van der Waals surface area (Å²) >= 11 is 0. The van der Waals surface area contributed by atoms with Crippen LogP contribution in [0.5, 0.6) is 0 Å². The Morgan fingerprint density at radius 2 is 2.24 bits per heavy atom. The van der Waals surface area contributed by atoms with Gasteiger partial charge in [0, 0.05) is 39.3 Å². The van der Waals surface area contributed by atoms with Gasteiger partial charge in [0.1, 0.15) is 6.33 Å². The fourth-order valence-corrected chi connectivity index (χ4v) is 1.80. The van der Waals surface area contributed by atoms with E-state index >= 15 is 0 Å². The summed E-state index contributed by atoms with van der Waals surface area (Å²) in [5.41, 5.74) is 0. The van der Waals surface area contributed by atoms with Crippen molar-refractivity contribution in [2.24, 2.45) is 0 Å². The van der Waals surface area contributed by atoms with Gasteiger partial charge in [-0.2, -0.15) is 0 Å². The van der Waals surface area contributed by atoms with E-state index in [0.717, 1.165) is 32.7 Å². The van der Waals surface area contributed by atoms with Crippen LogP contribution in [0.2, 0.25) is 0 Å². The van der Waals surface area contributed by atoms with Crippen LogP contribution >= 0.6 is 0 Å². The summed E-state index contributed by atoms with van der Waals surface area (Å²) in [6, 6.07) is 0. The van der Waals surface area contributed by atoms with Crippen LogP contribution in [0.25, 0.3) is 0 Å². The molecule has 0 spiro atoms. The molecule has 0 saturated carbocycles. The number of amides is 1. The molecule has 0 bridgehead atoms. The predicted molar refractivity (Wildman–Crippen MR) is 62.7 cm³/mol. The van der Waals surface area contributed by atoms with Crippen LogP contribution in [0, 0.1) is 0 Å². The maximum absolute atomic E-state index is 11.5. The molecule has 0 atom stereocenters. The van der Waals surface area contributed by atoms with E-state index in [9.17, 15) is 4.79 Å². The van der Waals surface area contributed by atoms with Crippen LogP contribution < -0.4 is 5.32 Å². The number of rotatable bonds is 4. The summed E-state index contributed by atoms with van der Waals surface area (Å²) in [5, 5.41) is 10.0. The van der Waals surface area contributed by atoms with Gasteiger partial charge in [-0.05, 0) is 7.05 Å². The van der Waals surface area contributed by atoms with Crippen LogP contribution in [0.1, 0.15) is 10.6 Å². The Morgan fingerprint density at radius 3 is 2.88 bits per heavy atom. The average Bonchev–Trinajstić information content (AvgIpc) is 2.85. The monoisotopic (exact) mass is 238 g/mol. The maximum Gasteiger partial charge on any atom is 0.289 e. The predicted octanol–water partition coefficient (Wildman–Crippen LogP) is -1.22. The Labute approximate surface area is 100 Å². The largest absolute Gasteiger partial charge is 0.348 e. The highest BCUT2D eigenvalue weighted by Crippen LogP contribution is 1.97. The molecule has 1 fully saturated rings. The topological polar surface area (TPSA) is 77.2 Å². The van der Waals surface area contributed by atoms with Crippen LogP contribution in [-0.4, -0.2) is 77.2 Å². The van der Waals surface area contributed by atoms with E-state index < -0.39 is 0 Å². The molecule has 1 aliphatic rings. The minimum atomic E-state index is -0.198. The van der Waals surface area contributed by atoms with Gasteiger partial charge in [0.15, 0.2) is 0 Å². The first kappa shape index (κ1) is 12.0. The van der Waals surface area contributed by atoms with E-state index in [0.29, 0.717) is 6.54 Å². The van der Waals surface area contributed by atoms with Crippen LogP contribution in [0.4, 0.5) is 0 Å². The van der Waals surface area contributed by atoms with Gasteiger partial charge in [0.25, 0.3) is 5.91 Å². The second-order valence-corrected chi connectivity index (χ2v) is 4.24. The number of carbonyl (C=O) groups is 1. The van der Waals surface area contributed by atoms with Crippen molar-refractivity contribution in [2.45, 2.75) is 0 Å². The third kappa shape index (κ3) is 3.50. The van der Waals surface area contributed by atoms with E-state index in [2.05, 4.69) is 37.3 Å². The summed E-state index contributed by atoms with van der Waals surface area (Å²) in [7, 11) is 2.13. The smallest absolute Gasteiger partial charge is 0.289 e. The molecule has 1 aliphatic heterocycles. The molecule has 7 heteroatoms. The molecule has 2 N–H and O–H groups in total. The number of aromatic nitrogens is 3. The van der Waals surface area contributed by atoms with Gasteiger partial charge in [0.05, 0.1) is 0 Å². The van der Waals surface area contributed by atoms with Crippen LogP contribution in [0.15, 0.2) is 6.33 Å². The van der Waals surface area contributed by atoms with Crippen molar-refractivity contribution in [1.82, 2.24) is 30.3 Å². The zero-order valence-corrected chi connectivity index (χ0v) is 10.0. The lowest BCUT2D eigenvalue weighted by Gasteiger charge is -2.32. The molecule has 0 unspecified atom stereocenters. The standard InChI is InChI=1S/C10H18N6O/c1-15-4-6-16(7-5-15)3-2-11-10(17)9-12-8-13-14-9/h8H,2-7H2,1H3,(H,11,17)(H,12,13,14). The zero-order valence-electron chi connectivity index (χ0n) is 10.0. The van der Waals surface area contributed by atoms with Crippen molar-refractivity contribution in [2.75, 3.05) is 46.3 Å². The number of hydrogen-bond acceptors (Lipinski definition) is 5. The van der Waals surface area contributed by atoms with Crippen molar-refractivity contribution in [3.8, 4) is 0 Å². The summed E-state index contributed by atoms with van der Waals surface area (Å²) in [6.45, 7) is 5.84. The Balaban J connectivity index is 1.64. The second kappa shape index (κ2) is 5.74. The molecule has 0 radical (unpaired) electrons. The lowest BCUT2D eigenvalue weighted by atomic mass is 10.3. The molecule has 0 aromatic carbocycles. The van der Waals surface area contributed by atoms with Gasteiger partial charge in [-0.1, -0.05) is 0 Å². The number of carbonyl (C=O) groups excluding carboxylic acids is 1. The first-order valence-corrected chi connectivity index (χ1v) is 5.81. The number of aromatic amines is 1. The first-order valence-electron chi connectivity index (χ1n) is 5.81. The number of nitrogens with zero attached hydrogens (tertiary/aromatic N) is 4. The lowest BCUT2D eigenvalue weighted by Crippen LogP contribution is -2.47. The molecule has 1 aromatic heterocycles. The quantitative estimate of drug-likeness (QED) is 0.687. The second-order valence-electron chi connectivity index (χ2n) is 4.24. The van der Waals surface area contributed by atoms with E-state index in [4.69, 9.17) is 0 Å². The molecule has 0 aliphatic carbocycles. The van der Waals surface area contributed by atoms with Gasteiger partial charge in [-0.25, -0.2) is 0 Å². The Bertz CT molecular complexity index is 344. The zero-order chi connectivity index (χ0) is 12.1. The number of likely N-dealkylation sites (N-methyl/N-ethyl adjacent to an activating group) is 1. The van der Waals surface area contributed by atoms with Crippen molar-refractivity contribution >= 4 is 5.91 Å². The molecule has 1 aromatic rings. The van der Waals surface area contributed by atoms with Gasteiger partial charge in [-0.15, -0.1) is 10.2 Å². The van der Waals surface area contributed by atoms with E-state index in [1.165, 1.54) is 6.33 Å². The minimum Gasteiger partial charge on any atom is -0.348 e. The third-order valence-corrected chi connectivity index (χ3v) is 2.94. The van der Waals surface area contributed by atoms with Gasteiger partial charge in [-0.3, -0.25) is 9.69 Å². The number of H-pyrrole nitrogens is 1. The lowest BCUT2D eigenvalue weighted by molar-refractivity contribution is 0.0931. The normalized spacial score (nSPS) is 18.2. The molecule has 1 saturated heterocycles. The molecule has 1 amide bonds. The van der Waals surface area contributed by atoms with Crippen molar-refractivity contribution < 1.29 is 4.79 Å². The van der Waals surface area contributed by atoms with Gasteiger partial charge < -0.3 is 15.2 Å². The SMILES string of the molecule is CN1CCN(CCNC(=O)c2nnc[nH]2)CC1. The number of hydrogen-bond donors (Lipinski definition) is 2. The van der Waals surface area contributed by atoms with E-state index in [1.54, 1.807) is 0 Å². The molecule has 2 heterocycles. The van der Waals surface area contributed by atoms with E-state index in [1.807, 2.05) is 0 Å². The summed E-state index contributed by atoms with van der Waals surface area (Å²) in [5.74, 6) is 0.0694. The third-order valence-electron chi connectivity index (χ3n) is 2.94. The minimum absolute atomic E-state index is 0.198. The van der Waals surface area contributed by atoms with Crippen LogP contribution in [0.3, 0.4) is 0 Å². The summed E-state index contributed by atoms with van der Waals surface area (Å²) in [6.07, 6.45) is 1.40. The first-order chi connectivity index (χ1) is 8.25. The van der Waals surface area contributed by atoms with Crippen molar-refractivity contribution in [1.29, 1.82) is 0 Å². The van der Waals surface area contributed by atoms with Crippen molar-refractivity contribution in [3.05, 3.63) is 12.2 Å². The Hall–Kier alpha value is -1.47. The van der Waals surface area contributed by atoms with Gasteiger partial charge in [0.2, 0.25) is 5.82 Å². The fraction of sp³-hybridized carbons (Fsp3) is 0.700. The number of nitrogens with one attached hydrogen (secondary N) is 2. The Morgan fingerprint density at radius 1 is 1.47 bits per heavy atom. The average molecular weight is 238 g/mol. The highest BCUT2D eigenvalue weighted by atomic mass is 16.2. The summed E-state index contributed by atoms with van der Waals surface area (Å²) in [4.78, 5) is 18.9. The van der Waals surface area contributed by atoms with Crippen molar-refractivity contribution in [3.63, 3.8) is 0 Å². The van der Waals surface area contributed by atoms with Crippen LogP contribution in [-0.2, 0) is 0 Å².